The van der Waals surface area contributed by atoms with Crippen molar-refractivity contribution < 1.29 is 4.79 Å². The van der Waals surface area contributed by atoms with E-state index in [1.54, 1.807) is 6.07 Å². The zero-order valence-electron chi connectivity index (χ0n) is 18.3. The molecule has 6 heteroatoms. The summed E-state index contributed by atoms with van der Waals surface area (Å²) in [6.45, 7) is 4.20. The van der Waals surface area contributed by atoms with E-state index in [9.17, 15) is 4.79 Å². The summed E-state index contributed by atoms with van der Waals surface area (Å²) in [6.07, 6.45) is 0.554. The van der Waals surface area contributed by atoms with Crippen molar-refractivity contribution in [3.05, 3.63) is 94.9 Å². The first-order valence-corrected chi connectivity index (χ1v) is 10.9. The predicted octanol–water partition coefficient (Wildman–Crippen LogP) is 5.97. The Morgan fingerprint density at radius 1 is 0.969 bits per heavy atom. The van der Waals surface area contributed by atoms with Crippen LogP contribution < -0.4 is 10.2 Å². The highest BCUT2D eigenvalue weighted by Gasteiger charge is 2.11. The number of amides is 1. The highest BCUT2D eigenvalue weighted by molar-refractivity contribution is 6.29. The molecule has 0 saturated carbocycles. The quantitative estimate of drug-likeness (QED) is 0.372. The van der Waals surface area contributed by atoms with Crippen molar-refractivity contribution in [3.63, 3.8) is 0 Å². The number of hydrogen-bond donors (Lipinski definition) is 1. The van der Waals surface area contributed by atoms with E-state index in [-0.39, 0.29) is 5.91 Å². The number of rotatable bonds is 6. The van der Waals surface area contributed by atoms with Crippen LogP contribution in [-0.2, 0) is 6.42 Å². The van der Waals surface area contributed by atoms with Crippen LogP contribution in [0.5, 0.6) is 0 Å². The average molecular weight is 445 g/mol. The summed E-state index contributed by atoms with van der Waals surface area (Å²) in [7, 11) is 1.99. The molecule has 0 saturated heterocycles. The van der Waals surface area contributed by atoms with Gasteiger partial charge in [0.25, 0.3) is 5.91 Å². The minimum absolute atomic E-state index is 0.136. The standard InChI is InChI=1S/C26H25ClN4O/c1-17(2)31(3)25-16-23(27)29-24(30-25)14-18-8-12-22(13-9-18)28-26(32)21-11-10-19-6-4-5-7-20(19)15-21/h4-13,15-17H,14H2,1-3H3,(H,28,32). The second-order valence-corrected chi connectivity index (χ2v) is 8.45. The zero-order chi connectivity index (χ0) is 22.7. The lowest BCUT2D eigenvalue weighted by Gasteiger charge is -2.23. The van der Waals surface area contributed by atoms with Gasteiger partial charge in [-0.2, -0.15) is 0 Å². The number of halogens is 1. The summed E-state index contributed by atoms with van der Waals surface area (Å²) in [6, 6.07) is 23.5. The Kier molecular flexibility index (Phi) is 6.37. The Morgan fingerprint density at radius 2 is 1.69 bits per heavy atom. The maximum Gasteiger partial charge on any atom is 0.255 e. The summed E-state index contributed by atoms with van der Waals surface area (Å²) in [5.41, 5.74) is 2.40. The monoisotopic (exact) mass is 444 g/mol. The van der Waals surface area contributed by atoms with Crippen molar-refractivity contribution in [1.82, 2.24) is 9.97 Å². The Balaban J connectivity index is 1.45. The second kappa shape index (κ2) is 9.37. The molecule has 1 heterocycles. The van der Waals surface area contributed by atoms with Gasteiger partial charge >= 0.3 is 0 Å². The number of fused-ring (bicyclic) bond motifs is 1. The van der Waals surface area contributed by atoms with Gasteiger partial charge in [0.2, 0.25) is 0 Å². The van der Waals surface area contributed by atoms with Crippen LogP contribution in [0.1, 0.15) is 35.6 Å². The summed E-state index contributed by atoms with van der Waals surface area (Å²) in [5, 5.41) is 5.54. The van der Waals surface area contributed by atoms with Crippen molar-refractivity contribution in [2.45, 2.75) is 26.3 Å². The fraction of sp³-hybridized carbons (Fsp3) is 0.192. The lowest BCUT2D eigenvalue weighted by molar-refractivity contribution is 0.102. The molecule has 5 nitrogen and oxygen atoms in total. The lowest BCUT2D eigenvalue weighted by atomic mass is 10.1. The van der Waals surface area contributed by atoms with Gasteiger partial charge in [0.05, 0.1) is 0 Å². The first-order valence-electron chi connectivity index (χ1n) is 10.5. The van der Waals surface area contributed by atoms with Crippen LogP contribution in [0.3, 0.4) is 0 Å². The molecule has 0 spiro atoms. The van der Waals surface area contributed by atoms with E-state index < -0.39 is 0 Å². The van der Waals surface area contributed by atoms with Crippen LogP contribution in [0.4, 0.5) is 11.5 Å². The molecular weight excluding hydrogens is 420 g/mol. The largest absolute Gasteiger partial charge is 0.357 e. The maximum atomic E-state index is 12.7. The molecule has 4 rings (SSSR count). The van der Waals surface area contributed by atoms with Crippen LogP contribution >= 0.6 is 11.6 Å². The number of nitrogens with one attached hydrogen (secondary N) is 1. The fourth-order valence-corrected chi connectivity index (χ4v) is 3.59. The lowest BCUT2D eigenvalue weighted by Crippen LogP contribution is -2.27. The summed E-state index contributed by atoms with van der Waals surface area (Å²) >= 11 is 6.22. The number of carbonyl (C=O) groups is 1. The van der Waals surface area contributed by atoms with Gasteiger partial charge in [-0.3, -0.25) is 4.79 Å². The van der Waals surface area contributed by atoms with Crippen molar-refractivity contribution >= 4 is 39.8 Å². The number of nitrogens with zero attached hydrogens (tertiary/aromatic N) is 3. The molecule has 0 radical (unpaired) electrons. The molecule has 0 atom stereocenters. The topological polar surface area (TPSA) is 58.1 Å². The second-order valence-electron chi connectivity index (χ2n) is 8.06. The van der Waals surface area contributed by atoms with Gasteiger partial charge in [0.15, 0.2) is 0 Å². The number of carbonyl (C=O) groups excluding carboxylic acids is 1. The molecule has 0 unspecified atom stereocenters. The summed E-state index contributed by atoms with van der Waals surface area (Å²) in [4.78, 5) is 23.7. The Bertz CT molecular complexity index is 1250. The molecule has 0 bridgehead atoms. The Morgan fingerprint density at radius 3 is 2.41 bits per heavy atom. The predicted molar refractivity (Wildman–Crippen MR) is 132 cm³/mol. The van der Waals surface area contributed by atoms with E-state index in [1.807, 2.05) is 73.8 Å². The Labute approximate surface area is 193 Å². The average Bonchev–Trinajstić information content (AvgIpc) is 2.79. The molecule has 32 heavy (non-hydrogen) atoms. The van der Waals surface area contributed by atoms with Gasteiger partial charge in [-0.1, -0.05) is 54.1 Å². The van der Waals surface area contributed by atoms with E-state index in [0.29, 0.717) is 29.0 Å². The van der Waals surface area contributed by atoms with Crippen LogP contribution in [0.2, 0.25) is 5.15 Å². The smallest absolute Gasteiger partial charge is 0.255 e. The molecule has 0 aliphatic rings. The normalized spacial score (nSPS) is 11.0. The third-order valence-corrected chi connectivity index (χ3v) is 5.64. The third-order valence-electron chi connectivity index (χ3n) is 5.45. The molecule has 1 aromatic heterocycles. The van der Waals surface area contributed by atoms with E-state index in [2.05, 4.69) is 34.0 Å². The zero-order valence-corrected chi connectivity index (χ0v) is 19.1. The van der Waals surface area contributed by atoms with Crippen LogP contribution in [-0.4, -0.2) is 29.0 Å². The molecule has 0 aliphatic carbocycles. The molecule has 162 valence electrons. The summed E-state index contributed by atoms with van der Waals surface area (Å²) in [5.74, 6) is 1.32. The van der Waals surface area contributed by atoms with E-state index in [4.69, 9.17) is 11.6 Å². The van der Waals surface area contributed by atoms with Gasteiger partial charge in [-0.15, -0.1) is 0 Å². The number of anilines is 2. The Hall–Kier alpha value is -3.44. The molecule has 1 amide bonds. The molecule has 0 aliphatic heterocycles. The van der Waals surface area contributed by atoms with Crippen molar-refractivity contribution in [1.29, 1.82) is 0 Å². The molecule has 1 N–H and O–H groups in total. The van der Waals surface area contributed by atoms with Crippen LogP contribution in [0.25, 0.3) is 10.8 Å². The highest BCUT2D eigenvalue weighted by atomic mass is 35.5. The maximum absolute atomic E-state index is 12.7. The molecule has 4 aromatic rings. The van der Waals surface area contributed by atoms with E-state index in [0.717, 1.165) is 27.8 Å². The van der Waals surface area contributed by atoms with Gasteiger partial charge in [-0.25, -0.2) is 9.97 Å². The molecule has 0 fully saturated rings. The minimum Gasteiger partial charge on any atom is -0.357 e. The highest BCUT2D eigenvalue weighted by Crippen LogP contribution is 2.20. The van der Waals surface area contributed by atoms with Crippen LogP contribution in [0, 0.1) is 0 Å². The number of aromatic nitrogens is 2. The van der Waals surface area contributed by atoms with Gasteiger partial charge in [0.1, 0.15) is 16.8 Å². The van der Waals surface area contributed by atoms with Gasteiger partial charge < -0.3 is 10.2 Å². The molecule has 3 aromatic carbocycles. The number of hydrogen-bond acceptors (Lipinski definition) is 4. The summed E-state index contributed by atoms with van der Waals surface area (Å²) < 4.78 is 0. The first-order chi connectivity index (χ1) is 15.4. The van der Waals surface area contributed by atoms with E-state index in [1.165, 1.54) is 0 Å². The number of benzene rings is 3. The first kappa shape index (κ1) is 21.8. The van der Waals surface area contributed by atoms with Crippen molar-refractivity contribution in [2.24, 2.45) is 0 Å². The van der Waals surface area contributed by atoms with Crippen LogP contribution in [0.15, 0.2) is 72.8 Å². The third kappa shape index (κ3) is 5.06. The van der Waals surface area contributed by atoms with Crippen molar-refractivity contribution in [3.8, 4) is 0 Å². The minimum atomic E-state index is -0.136. The fourth-order valence-electron chi connectivity index (χ4n) is 3.40. The SMILES string of the molecule is CC(C)N(C)c1cc(Cl)nc(Cc2ccc(NC(=O)c3ccc4ccccc4c3)cc2)n1. The van der Waals surface area contributed by atoms with Crippen molar-refractivity contribution in [2.75, 3.05) is 17.3 Å². The van der Waals surface area contributed by atoms with Gasteiger partial charge in [-0.05, 0) is 54.4 Å². The molecular formula is C26H25ClN4O. The van der Waals surface area contributed by atoms with E-state index >= 15 is 0 Å². The van der Waals surface area contributed by atoms with Gasteiger partial charge in [0, 0.05) is 36.8 Å².